The smallest absolute Gasteiger partial charge is 0.103 e. The first-order valence-corrected chi connectivity index (χ1v) is 9.53. The van der Waals surface area contributed by atoms with Crippen LogP contribution in [-0.2, 0) is 6.54 Å². The van der Waals surface area contributed by atoms with E-state index in [2.05, 4.69) is 65.3 Å². The SMILES string of the molecule is C[C@@H]1CCN(Cc2ccccc2)C[C@@H]1N(C)c1c(C#N)cnn2cccc12. The molecule has 4 rings (SSSR count). The van der Waals surface area contributed by atoms with E-state index in [4.69, 9.17) is 0 Å². The molecule has 0 aliphatic carbocycles. The standard InChI is InChI=1S/C22H25N5/c1-17-10-12-26(15-18-7-4-3-5-8-18)16-21(17)25(2)22-19(13-23)14-24-27-11-6-9-20(22)27/h3-9,11,14,17,21H,10,12,15-16H2,1-2H3/t17-,21+/m1/s1. The lowest BCUT2D eigenvalue weighted by Gasteiger charge is -2.43. The second-order valence-corrected chi connectivity index (χ2v) is 7.52. The number of hydrogen-bond acceptors (Lipinski definition) is 4. The fraction of sp³-hybridized carbons (Fsp3) is 0.364. The molecule has 2 aromatic heterocycles. The van der Waals surface area contributed by atoms with Crippen molar-refractivity contribution >= 4 is 11.2 Å². The molecule has 0 spiro atoms. The van der Waals surface area contributed by atoms with Gasteiger partial charge in [0.2, 0.25) is 0 Å². The van der Waals surface area contributed by atoms with Crippen molar-refractivity contribution in [3.63, 3.8) is 0 Å². The van der Waals surface area contributed by atoms with E-state index >= 15 is 0 Å². The molecule has 1 fully saturated rings. The number of fused-ring (bicyclic) bond motifs is 1. The van der Waals surface area contributed by atoms with Crippen LogP contribution in [-0.4, -0.2) is 40.7 Å². The minimum absolute atomic E-state index is 0.357. The van der Waals surface area contributed by atoms with Gasteiger partial charge in [-0.05, 0) is 36.6 Å². The number of likely N-dealkylation sites (N-methyl/N-ethyl adjacent to an activating group) is 1. The zero-order valence-corrected chi connectivity index (χ0v) is 15.9. The monoisotopic (exact) mass is 359 g/mol. The molecule has 2 atom stereocenters. The zero-order chi connectivity index (χ0) is 18.8. The molecule has 1 aliphatic heterocycles. The highest BCUT2D eigenvalue weighted by atomic mass is 15.3. The average molecular weight is 359 g/mol. The van der Waals surface area contributed by atoms with E-state index in [-0.39, 0.29) is 0 Å². The van der Waals surface area contributed by atoms with Gasteiger partial charge in [-0.25, -0.2) is 4.52 Å². The summed E-state index contributed by atoms with van der Waals surface area (Å²) in [6.45, 7) is 5.40. The quantitative estimate of drug-likeness (QED) is 0.715. The number of aromatic nitrogens is 2. The van der Waals surface area contributed by atoms with Gasteiger partial charge >= 0.3 is 0 Å². The first-order valence-electron chi connectivity index (χ1n) is 9.53. The van der Waals surface area contributed by atoms with Gasteiger partial charge in [-0.1, -0.05) is 37.3 Å². The van der Waals surface area contributed by atoms with Crippen LogP contribution in [0.1, 0.15) is 24.5 Å². The maximum absolute atomic E-state index is 9.64. The van der Waals surface area contributed by atoms with E-state index in [0.29, 0.717) is 17.5 Å². The lowest BCUT2D eigenvalue weighted by atomic mass is 9.91. The highest BCUT2D eigenvalue weighted by molar-refractivity contribution is 5.78. The molecule has 0 saturated carbocycles. The van der Waals surface area contributed by atoms with Gasteiger partial charge < -0.3 is 4.90 Å². The largest absolute Gasteiger partial charge is 0.367 e. The Morgan fingerprint density at radius 3 is 2.81 bits per heavy atom. The number of benzene rings is 1. The van der Waals surface area contributed by atoms with Crippen LogP contribution in [0.5, 0.6) is 0 Å². The first-order chi connectivity index (χ1) is 13.2. The first kappa shape index (κ1) is 17.6. The Labute approximate surface area is 160 Å². The molecule has 3 aromatic rings. The highest BCUT2D eigenvalue weighted by Gasteiger charge is 2.31. The Kier molecular flexibility index (Phi) is 4.83. The molecular weight excluding hydrogens is 334 g/mol. The van der Waals surface area contributed by atoms with E-state index in [0.717, 1.165) is 37.3 Å². The molecule has 0 N–H and O–H groups in total. The summed E-state index contributed by atoms with van der Waals surface area (Å²) >= 11 is 0. The number of hydrogen-bond donors (Lipinski definition) is 0. The average Bonchev–Trinajstić information content (AvgIpc) is 3.17. The number of likely N-dealkylation sites (tertiary alicyclic amines) is 1. The van der Waals surface area contributed by atoms with Crippen LogP contribution >= 0.6 is 0 Å². The molecule has 3 heterocycles. The third-order valence-corrected chi connectivity index (χ3v) is 5.76. The lowest BCUT2D eigenvalue weighted by molar-refractivity contribution is 0.159. The van der Waals surface area contributed by atoms with E-state index in [1.807, 2.05) is 22.8 Å². The van der Waals surface area contributed by atoms with Crippen LogP contribution in [0.3, 0.4) is 0 Å². The van der Waals surface area contributed by atoms with Crippen molar-refractivity contribution in [2.24, 2.45) is 5.92 Å². The molecule has 27 heavy (non-hydrogen) atoms. The number of nitriles is 1. The second kappa shape index (κ2) is 7.42. The van der Waals surface area contributed by atoms with Gasteiger partial charge in [0.1, 0.15) is 6.07 Å². The molecular formula is C22H25N5. The fourth-order valence-electron chi connectivity index (χ4n) is 4.20. The molecule has 1 saturated heterocycles. The molecule has 5 heteroatoms. The zero-order valence-electron chi connectivity index (χ0n) is 15.9. The van der Waals surface area contributed by atoms with Gasteiger partial charge in [-0.15, -0.1) is 0 Å². The van der Waals surface area contributed by atoms with E-state index in [9.17, 15) is 5.26 Å². The van der Waals surface area contributed by atoms with E-state index in [1.165, 1.54) is 5.56 Å². The maximum atomic E-state index is 9.64. The Morgan fingerprint density at radius 2 is 2.04 bits per heavy atom. The van der Waals surface area contributed by atoms with Crippen molar-refractivity contribution in [2.45, 2.75) is 25.9 Å². The molecule has 5 nitrogen and oxygen atoms in total. The normalized spacial score (nSPS) is 20.5. The molecule has 1 aromatic carbocycles. The van der Waals surface area contributed by atoms with Crippen molar-refractivity contribution in [3.05, 3.63) is 66.0 Å². The van der Waals surface area contributed by atoms with Crippen LogP contribution in [0.2, 0.25) is 0 Å². The van der Waals surface area contributed by atoms with Gasteiger partial charge in [0.05, 0.1) is 23.0 Å². The third kappa shape index (κ3) is 3.41. The van der Waals surface area contributed by atoms with Crippen molar-refractivity contribution in [2.75, 3.05) is 25.0 Å². The Balaban J connectivity index is 1.61. The summed E-state index contributed by atoms with van der Waals surface area (Å²) in [5, 5.41) is 14.0. The van der Waals surface area contributed by atoms with Crippen molar-refractivity contribution in [1.29, 1.82) is 5.26 Å². The Bertz CT molecular complexity index is 956. The Hall–Kier alpha value is -2.84. The summed E-state index contributed by atoms with van der Waals surface area (Å²) in [4.78, 5) is 4.83. The Morgan fingerprint density at radius 1 is 1.22 bits per heavy atom. The minimum atomic E-state index is 0.357. The predicted octanol–water partition coefficient (Wildman–Crippen LogP) is 3.55. The highest BCUT2D eigenvalue weighted by Crippen LogP contribution is 2.31. The number of piperidine rings is 1. The molecule has 138 valence electrons. The van der Waals surface area contributed by atoms with Crippen LogP contribution in [0.25, 0.3) is 5.52 Å². The maximum Gasteiger partial charge on any atom is 0.103 e. The van der Waals surface area contributed by atoms with Gasteiger partial charge in [0.15, 0.2) is 0 Å². The summed E-state index contributed by atoms with van der Waals surface area (Å²) in [7, 11) is 2.12. The number of nitrogens with zero attached hydrogens (tertiary/aromatic N) is 5. The molecule has 0 bridgehead atoms. The molecule has 0 amide bonds. The summed E-state index contributed by atoms with van der Waals surface area (Å²) in [6, 6.07) is 17.4. The van der Waals surface area contributed by atoms with Crippen molar-refractivity contribution < 1.29 is 0 Å². The fourth-order valence-corrected chi connectivity index (χ4v) is 4.20. The van der Waals surface area contributed by atoms with Crippen molar-refractivity contribution in [1.82, 2.24) is 14.5 Å². The second-order valence-electron chi connectivity index (χ2n) is 7.52. The van der Waals surface area contributed by atoms with Gasteiger partial charge in [-0.3, -0.25) is 4.90 Å². The van der Waals surface area contributed by atoms with Crippen LogP contribution < -0.4 is 4.90 Å². The third-order valence-electron chi connectivity index (χ3n) is 5.76. The van der Waals surface area contributed by atoms with Gasteiger partial charge in [-0.2, -0.15) is 10.4 Å². The van der Waals surface area contributed by atoms with Crippen molar-refractivity contribution in [3.8, 4) is 6.07 Å². The summed E-state index contributed by atoms with van der Waals surface area (Å²) in [5.41, 5.74) is 3.96. The van der Waals surface area contributed by atoms with E-state index in [1.54, 1.807) is 6.20 Å². The molecule has 1 aliphatic rings. The summed E-state index contributed by atoms with van der Waals surface area (Å²) < 4.78 is 1.85. The van der Waals surface area contributed by atoms with Crippen LogP contribution in [0, 0.1) is 17.2 Å². The lowest BCUT2D eigenvalue weighted by Crippen LogP contribution is -2.51. The van der Waals surface area contributed by atoms with Crippen LogP contribution in [0.15, 0.2) is 54.9 Å². The van der Waals surface area contributed by atoms with E-state index < -0.39 is 0 Å². The van der Waals surface area contributed by atoms with Crippen LogP contribution in [0.4, 0.5) is 5.69 Å². The van der Waals surface area contributed by atoms with Gasteiger partial charge in [0, 0.05) is 32.4 Å². The van der Waals surface area contributed by atoms with Gasteiger partial charge in [0.25, 0.3) is 0 Å². The number of anilines is 1. The number of rotatable bonds is 4. The molecule has 0 radical (unpaired) electrons. The minimum Gasteiger partial charge on any atom is -0.367 e. The predicted molar refractivity (Wildman–Crippen MR) is 108 cm³/mol. The summed E-state index contributed by atoms with van der Waals surface area (Å²) in [5.74, 6) is 0.566. The molecule has 0 unspecified atom stereocenters. The summed E-state index contributed by atoms with van der Waals surface area (Å²) in [6.07, 6.45) is 4.76. The topological polar surface area (TPSA) is 47.6 Å².